The van der Waals surface area contributed by atoms with Crippen LogP contribution in [0.15, 0.2) is 0 Å². The predicted octanol–water partition coefficient (Wildman–Crippen LogP) is 2.46. The largest absolute Gasteiger partial charge is 0.480 e. The summed E-state index contributed by atoms with van der Waals surface area (Å²) in [7, 11) is 0. The van der Waals surface area contributed by atoms with Crippen molar-refractivity contribution in [3.8, 4) is 0 Å². The minimum atomic E-state index is -0.973. The highest BCUT2D eigenvalue weighted by Crippen LogP contribution is 2.27. The van der Waals surface area contributed by atoms with Gasteiger partial charge in [-0.05, 0) is 25.0 Å². The number of amides is 2. The number of carbonyl (C=O) groups excluding carboxylic acids is 1. The molecule has 4 unspecified atom stereocenters. The highest BCUT2D eigenvalue weighted by molar-refractivity contribution is 7.99. The number of urea groups is 1. The Hall–Kier alpha value is -0.910. The second kappa shape index (κ2) is 8.39. The van der Waals surface area contributed by atoms with Gasteiger partial charge in [0.05, 0.1) is 0 Å². The maximum absolute atomic E-state index is 12.0. The van der Waals surface area contributed by atoms with Crippen molar-refractivity contribution in [2.24, 2.45) is 5.92 Å². The van der Waals surface area contributed by atoms with Crippen molar-refractivity contribution < 1.29 is 14.7 Å². The summed E-state index contributed by atoms with van der Waals surface area (Å²) in [5.41, 5.74) is 0. The Balaban J connectivity index is 2.54. The zero-order chi connectivity index (χ0) is 15.1. The van der Waals surface area contributed by atoms with Gasteiger partial charge in [0.1, 0.15) is 6.04 Å². The zero-order valence-electron chi connectivity index (χ0n) is 12.5. The van der Waals surface area contributed by atoms with Crippen LogP contribution in [0.5, 0.6) is 0 Å². The fourth-order valence-corrected chi connectivity index (χ4v) is 3.51. The summed E-state index contributed by atoms with van der Waals surface area (Å²) in [4.78, 5) is 23.2. The number of aliphatic carboxylic acids is 1. The first-order valence-electron chi connectivity index (χ1n) is 7.32. The van der Waals surface area contributed by atoms with E-state index >= 15 is 0 Å². The predicted molar refractivity (Wildman–Crippen MR) is 82.1 cm³/mol. The molecule has 1 fully saturated rings. The molecule has 4 atom stereocenters. The number of nitrogens with one attached hydrogen (secondary N) is 2. The van der Waals surface area contributed by atoms with Crippen LogP contribution in [0.2, 0.25) is 0 Å². The van der Waals surface area contributed by atoms with Crippen LogP contribution >= 0.6 is 11.8 Å². The van der Waals surface area contributed by atoms with Crippen LogP contribution < -0.4 is 10.6 Å². The summed E-state index contributed by atoms with van der Waals surface area (Å²) in [5.74, 6) is -1.06. The molecule has 20 heavy (non-hydrogen) atoms. The minimum Gasteiger partial charge on any atom is -0.480 e. The van der Waals surface area contributed by atoms with Crippen molar-refractivity contribution in [2.45, 2.75) is 63.3 Å². The molecule has 0 bridgehead atoms. The van der Waals surface area contributed by atoms with Crippen molar-refractivity contribution in [3.05, 3.63) is 0 Å². The van der Waals surface area contributed by atoms with Gasteiger partial charge in [-0.15, -0.1) is 0 Å². The minimum absolute atomic E-state index is 0.0825. The number of hydrogen-bond donors (Lipinski definition) is 3. The van der Waals surface area contributed by atoms with Crippen molar-refractivity contribution in [3.63, 3.8) is 0 Å². The standard InChI is InChI=1S/C14H26N2O3S/c1-4-9(2)12(13(17)18)16-14(19)15-10-7-5-6-8-11(10)20-3/h9-12H,4-8H2,1-3H3,(H,17,18)(H2,15,16,19). The molecule has 0 heterocycles. The van der Waals surface area contributed by atoms with E-state index in [1.54, 1.807) is 11.8 Å². The zero-order valence-corrected chi connectivity index (χ0v) is 13.3. The first-order chi connectivity index (χ1) is 9.49. The van der Waals surface area contributed by atoms with Crippen LogP contribution in [0.3, 0.4) is 0 Å². The smallest absolute Gasteiger partial charge is 0.326 e. The summed E-state index contributed by atoms with van der Waals surface area (Å²) in [6.45, 7) is 3.76. The van der Waals surface area contributed by atoms with Gasteiger partial charge in [-0.1, -0.05) is 33.1 Å². The lowest BCUT2D eigenvalue weighted by atomic mass is 9.95. The fraction of sp³-hybridized carbons (Fsp3) is 0.857. The van der Waals surface area contributed by atoms with Gasteiger partial charge in [0, 0.05) is 11.3 Å². The molecule has 5 nitrogen and oxygen atoms in total. The molecule has 116 valence electrons. The van der Waals surface area contributed by atoms with Crippen LogP contribution in [0.4, 0.5) is 4.79 Å². The number of hydrogen-bond acceptors (Lipinski definition) is 3. The van der Waals surface area contributed by atoms with Crippen LogP contribution in [0, 0.1) is 5.92 Å². The molecule has 1 aliphatic rings. The third-order valence-electron chi connectivity index (χ3n) is 4.09. The third kappa shape index (κ3) is 4.89. The van der Waals surface area contributed by atoms with E-state index in [2.05, 4.69) is 16.9 Å². The molecule has 2 amide bonds. The molecule has 0 spiro atoms. The normalized spacial score (nSPS) is 25.6. The van der Waals surface area contributed by atoms with E-state index in [1.807, 2.05) is 13.8 Å². The van der Waals surface area contributed by atoms with Crippen molar-refractivity contribution in [1.82, 2.24) is 10.6 Å². The molecule has 0 aromatic rings. The van der Waals surface area contributed by atoms with E-state index in [1.165, 1.54) is 6.42 Å². The van der Waals surface area contributed by atoms with Gasteiger partial charge < -0.3 is 15.7 Å². The van der Waals surface area contributed by atoms with E-state index < -0.39 is 12.0 Å². The molecule has 0 aliphatic heterocycles. The summed E-state index contributed by atoms with van der Waals surface area (Å²) < 4.78 is 0. The highest BCUT2D eigenvalue weighted by atomic mass is 32.2. The van der Waals surface area contributed by atoms with Crippen molar-refractivity contribution >= 4 is 23.8 Å². The molecule has 6 heteroatoms. The number of carboxylic acids is 1. The second-order valence-electron chi connectivity index (χ2n) is 5.48. The Labute approximate surface area is 125 Å². The molecule has 1 rings (SSSR count). The molecule has 3 N–H and O–H groups in total. The molecule has 0 aromatic carbocycles. The average molecular weight is 302 g/mol. The van der Waals surface area contributed by atoms with E-state index in [4.69, 9.17) is 0 Å². The van der Waals surface area contributed by atoms with Gasteiger partial charge >= 0.3 is 12.0 Å². The van der Waals surface area contributed by atoms with E-state index in [9.17, 15) is 14.7 Å². The molecule has 1 saturated carbocycles. The van der Waals surface area contributed by atoms with Gasteiger partial charge in [0.2, 0.25) is 0 Å². The lowest BCUT2D eigenvalue weighted by Gasteiger charge is -2.31. The van der Waals surface area contributed by atoms with Crippen LogP contribution in [0.1, 0.15) is 46.0 Å². The van der Waals surface area contributed by atoms with E-state index in [-0.39, 0.29) is 18.0 Å². The van der Waals surface area contributed by atoms with E-state index in [0.29, 0.717) is 11.7 Å². The van der Waals surface area contributed by atoms with Crippen LogP contribution in [-0.4, -0.2) is 40.7 Å². The Morgan fingerprint density at radius 1 is 1.35 bits per heavy atom. The first kappa shape index (κ1) is 17.1. The fourth-order valence-electron chi connectivity index (χ4n) is 2.58. The van der Waals surface area contributed by atoms with Crippen molar-refractivity contribution in [2.75, 3.05) is 6.26 Å². The molecular formula is C14H26N2O3S. The summed E-state index contributed by atoms with van der Waals surface area (Å²) in [6.07, 6.45) is 7.18. The van der Waals surface area contributed by atoms with E-state index in [0.717, 1.165) is 19.3 Å². The van der Waals surface area contributed by atoms with Gasteiger partial charge in [0.25, 0.3) is 0 Å². The summed E-state index contributed by atoms with van der Waals surface area (Å²) in [5, 5.41) is 15.2. The lowest BCUT2D eigenvalue weighted by molar-refractivity contribution is -0.140. The SMILES string of the molecule is CCC(C)C(NC(=O)NC1CCCCC1SC)C(=O)O. The van der Waals surface area contributed by atoms with Crippen LogP contribution in [-0.2, 0) is 4.79 Å². The number of rotatable bonds is 6. The highest BCUT2D eigenvalue weighted by Gasteiger charge is 2.29. The second-order valence-corrected chi connectivity index (χ2v) is 6.56. The third-order valence-corrected chi connectivity index (χ3v) is 5.26. The molecule has 0 aromatic heterocycles. The number of carbonyl (C=O) groups is 2. The molecule has 1 aliphatic carbocycles. The molecule has 0 radical (unpaired) electrons. The van der Waals surface area contributed by atoms with Crippen LogP contribution in [0.25, 0.3) is 0 Å². The summed E-state index contributed by atoms with van der Waals surface area (Å²) in [6, 6.07) is -1.04. The Kier molecular flexibility index (Phi) is 7.19. The molecule has 0 saturated heterocycles. The monoisotopic (exact) mass is 302 g/mol. The quantitative estimate of drug-likeness (QED) is 0.704. The topological polar surface area (TPSA) is 78.4 Å². The number of carboxylic acid groups (broad SMARTS) is 1. The lowest BCUT2D eigenvalue weighted by Crippen LogP contribution is -2.53. The van der Waals surface area contributed by atoms with Gasteiger partial charge in [0.15, 0.2) is 0 Å². The first-order valence-corrected chi connectivity index (χ1v) is 8.61. The maximum atomic E-state index is 12.0. The average Bonchev–Trinajstić information content (AvgIpc) is 2.44. The van der Waals surface area contributed by atoms with Gasteiger partial charge in [-0.25, -0.2) is 9.59 Å². The van der Waals surface area contributed by atoms with Gasteiger partial charge in [-0.2, -0.15) is 11.8 Å². The number of thioether (sulfide) groups is 1. The van der Waals surface area contributed by atoms with Crippen molar-refractivity contribution in [1.29, 1.82) is 0 Å². The Morgan fingerprint density at radius 3 is 2.55 bits per heavy atom. The maximum Gasteiger partial charge on any atom is 0.326 e. The van der Waals surface area contributed by atoms with Gasteiger partial charge in [-0.3, -0.25) is 0 Å². The Bertz CT molecular complexity index is 338. The Morgan fingerprint density at radius 2 is 2.00 bits per heavy atom. The summed E-state index contributed by atoms with van der Waals surface area (Å²) >= 11 is 1.77. The molecular weight excluding hydrogens is 276 g/mol.